The van der Waals surface area contributed by atoms with E-state index in [-0.39, 0.29) is 17.4 Å². The molecule has 1 aromatic rings. The summed E-state index contributed by atoms with van der Waals surface area (Å²) in [5, 5.41) is 16.3. The van der Waals surface area contributed by atoms with Crippen LogP contribution in [0.15, 0.2) is 10.6 Å². The molecule has 0 unspecified atom stereocenters. The summed E-state index contributed by atoms with van der Waals surface area (Å²) in [7, 11) is 0. The van der Waals surface area contributed by atoms with E-state index in [4.69, 9.17) is 4.52 Å². The third-order valence-corrected chi connectivity index (χ3v) is 4.26. The zero-order valence-corrected chi connectivity index (χ0v) is 15.4. The van der Waals surface area contributed by atoms with Crippen LogP contribution in [-0.2, 0) is 10.2 Å². The van der Waals surface area contributed by atoms with Gasteiger partial charge in [-0.25, -0.2) is 0 Å². The summed E-state index contributed by atoms with van der Waals surface area (Å²) in [5.41, 5.74) is 0.709. The van der Waals surface area contributed by atoms with Crippen LogP contribution in [0.3, 0.4) is 0 Å². The predicted octanol–water partition coefficient (Wildman–Crippen LogP) is 1.30. The Balaban J connectivity index is 1.82. The second-order valence-corrected chi connectivity index (χ2v) is 7.80. The molecule has 0 aliphatic carbocycles. The van der Waals surface area contributed by atoms with Crippen molar-refractivity contribution in [2.75, 3.05) is 38.0 Å². The lowest BCUT2D eigenvalue weighted by molar-refractivity contribution is -0.118. The lowest BCUT2D eigenvalue weighted by atomic mass is 9.92. The van der Waals surface area contributed by atoms with E-state index in [2.05, 4.69) is 27.2 Å². The maximum absolute atomic E-state index is 12.2. The van der Waals surface area contributed by atoms with Crippen molar-refractivity contribution in [1.82, 2.24) is 15.0 Å². The van der Waals surface area contributed by atoms with Crippen LogP contribution in [0.2, 0.25) is 0 Å². The molecule has 0 radical (unpaired) electrons. The quantitative estimate of drug-likeness (QED) is 0.842. The van der Waals surface area contributed by atoms with Crippen LogP contribution in [0.25, 0.3) is 0 Å². The smallest absolute Gasteiger partial charge is 0.240 e. The van der Waals surface area contributed by atoms with E-state index < -0.39 is 0 Å². The van der Waals surface area contributed by atoms with Gasteiger partial charge in [-0.05, 0) is 13.8 Å². The predicted molar refractivity (Wildman–Crippen MR) is 93.0 cm³/mol. The number of piperazine rings is 1. The van der Waals surface area contributed by atoms with Crippen molar-refractivity contribution in [2.24, 2.45) is 0 Å². The average Bonchev–Trinajstić information content (AvgIpc) is 2.90. The summed E-state index contributed by atoms with van der Waals surface area (Å²) in [6.45, 7) is 13.6. The van der Waals surface area contributed by atoms with Crippen molar-refractivity contribution in [3.63, 3.8) is 0 Å². The number of aliphatic hydroxyl groups excluding tert-OH is 1. The van der Waals surface area contributed by atoms with Crippen molar-refractivity contribution < 1.29 is 14.4 Å². The summed E-state index contributed by atoms with van der Waals surface area (Å²) in [4.78, 5) is 16.6. The van der Waals surface area contributed by atoms with E-state index in [1.165, 1.54) is 0 Å². The van der Waals surface area contributed by atoms with Crippen LogP contribution < -0.4 is 5.32 Å². The zero-order valence-electron chi connectivity index (χ0n) is 15.4. The molecule has 0 aromatic carbocycles. The Bertz CT molecular complexity index is 550. The van der Waals surface area contributed by atoms with Gasteiger partial charge in [-0.3, -0.25) is 19.9 Å². The summed E-state index contributed by atoms with van der Waals surface area (Å²) < 4.78 is 5.20. The van der Waals surface area contributed by atoms with Gasteiger partial charge in [-0.2, -0.15) is 0 Å². The molecule has 136 valence electrons. The van der Waals surface area contributed by atoms with E-state index >= 15 is 0 Å². The number of aliphatic hydroxyl groups is 1. The molecule has 2 rings (SSSR count). The standard InChI is InChI=1S/C17H30N4O3/c1-12-9-20(6-7-21(12)10-13(2)22)11-15(23)18-16-8-14(19-24-16)17(3,4)5/h8,12-13,22H,6-7,9-11H2,1-5H3,(H,18,23)/t12-,13+/m0/s1. The molecule has 1 saturated heterocycles. The lowest BCUT2D eigenvalue weighted by Crippen LogP contribution is -2.54. The fraction of sp³-hybridized carbons (Fsp3) is 0.765. The van der Waals surface area contributed by atoms with Gasteiger partial charge in [-0.1, -0.05) is 25.9 Å². The minimum absolute atomic E-state index is 0.0946. The van der Waals surface area contributed by atoms with Gasteiger partial charge in [0.25, 0.3) is 0 Å². The number of nitrogens with one attached hydrogen (secondary N) is 1. The largest absolute Gasteiger partial charge is 0.392 e. The Morgan fingerprint density at radius 2 is 2.21 bits per heavy atom. The molecule has 7 nitrogen and oxygen atoms in total. The Kier molecular flexibility index (Phi) is 6.01. The molecule has 1 fully saturated rings. The number of β-amino-alcohol motifs (C(OH)–C–C–N with tert-alkyl or cyclic N) is 1. The number of amides is 1. The molecule has 0 saturated carbocycles. The van der Waals surface area contributed by atoms with Crippen molar-refractivity contribution >= 4 is 11.8 Å². The molecule has 1 aromatic heterocycles. The summed E-state index contributed by atoms with van der Waals surface area (Å²) in [6, 6.07) is 2.10. The first-order valence-corrected chi connectivity index (χ1v) is 8.56. The maximum Gasteiger partial charge on any atom is 0.240 e. The van der Waals surface area contributed by atoms with Crippen molar-refractivity contribution in [1.29, 1.82) is 0 Å². The van der Waals surface area contributed by atoms with E-state index in [1.807, 2.05) is 20.8 Å². The highest BCUT2D eigenvalue weighted by Crippen LogP contribution is 2.23. The maximum atomic E-state index is 12.2. The topological polar surface area (TPSA) is 81.8 Å². The second-order valence-electron chi connectivity index (χ2n) is 7.80. The highest BCUT2D eigenvalue weighted by atomic mass is 16.5. The van der Waals surface area contributed by atoms with Crippen molar-refractivity contribution in [2.45, 2.75) is 52.2 Å². The van der Waals surface area contributed by atoms with E-state index in [1.54, 1.807) is 13.0 Å². The number of anilines is 1. The zero-order chi connectivity index (χ0) is 17.9. The normalized spacial score (nSPS) is 21.7. The molecule has 1 aliphatic heterocycles. The van der Waals surface area contributed by atoms with Gasteiger partial charge in [0, 0.05) is 43.7 Å². The summed E-state index contributed by atoms with van der Waals surface area (Å²) in [5.74, 6) is 0.300. The molecule has 7 heteroatoms. The first kappa shape index (κ1) is 18.9. The molecular weight excluding hydrogens is 308 g/mol. The molecule has 24 heavy (non-hydrogen) atoms. The third kappa shape index (κ3) is 5.29. The third-order valence-electron chi connectivity index (χ3n) is 4.26. The lowest BCUT2D eigenvalue weighted by Gasteiger charge is -2.40. The van der Waals surface area contributed by atoms with Crippen LogP contribution in [0.5, 0.6) is 0 Å². The van der Waals surface area contributed by atoms with Crippen LogP contribution in [0, 0.1) is 0 Å². The highest BCUT2D eigenvalue weighted by molar-refractivity contribution is 5.91. The fourth-order valence-electron chi connectivity index (χ4n) is 2.89. The van der Waals surface area contributed by atoms with Gasteiger partial charge >= 0.3 is 0 Å². The van der Waals surface area contributed by atoms with Gasteiger partial charge in [-0.15, -0.1) is 0 Å². The Hall–Kier alpha value is -1.44. The Morgan fingerprint density at radius 1 is 1.50 bits per heavy atom. The van der Waals surface area contributed by atoms with E-state index in [9.17, 15) is 9.90 Å². The van der Waals surface area contributed by atoms with Crippen LogP contribution in [0.1, 0.15) is 40.3 Å². The first-order chi connectivity index (χ1) is 11.1. The number of rotatable bonds is 5. The number of aromatic nitrogens is 1. The molecular formula is C17H30N4O3. The first-order valence-electron chi connectivity index (χ1n) is 8.56. The van der Waals surface area contributed by atoms with Crippen molar-refractivity contribution in [3.05, 3.63) is 11.8 Å². The van der Waals surface area contributed by atoms with Crippen LogP contribution in [-0.4, -0.2) is 70.8 Å². The number of carbonyl (C=O) groups excluding carboxylic acids is 1. The SMILES string of the molecule is C[C@@H](O)CN1CCN(CC(=O)Nc2cc(C(C)(C)C)no2)C[C@@H]1C. The average molecular weight is 338 g/mol. The Morgan fingerprint density at radius 3 is 2.75 bits per heavy atom. The molecule has 1 aliphatic rings. The summed E-state index contributed by atoms with van der Waals surface area (Å²) >= 11 is 0. The van der Waals surface area contributed by atoms with Crippen molar-refractivity contribution in [3.8, 4) is 0 Å². The summed E-state index contributed by atoms with van der Waals surface area (Å²) in [6.07, 6.45) is -0.328. The molecule has 2 heterocycles. The minimum Gasteiger partial charge on any atom is -0.392 e. The van der Waals surface area contributed by atoms with Crippen LogP contribution >= 0.6 is 0 Å². The minimum atomic E-state index is -0.328. The number of carbonyl (C=O) groups is 1. The monoisotopic (exact) mass is 338 g/mol. The van der Waals surface area contributed by atoms with E-state index in [0.29, 0.717) is 25.0 Å². The molecule has 1 amide bonds. The van der Waals surface area contributed by atoms with Gasteiger partial charge in [0.15, 0.2) is 0 Å². The van der Waals surface area contributed by atoms with Crippen LogP contribution in [0.4, 0.5) is 5.88 Å². The molecule has 0 spiro atoms. The Labute approximate surface area is 144 Å². The van der Waals surface area contributed by atoms with Gasteiger partial charge in [0.05, 0.1) is 18.3 Å². The van der Waals surface area contributed by atoms with E-state index in [0.717, 1.165) is 25.3 Å². The molecule has 2 N–H and O–H groups in total. The molecule has 0 bridgehead atoms. The number of hydrogen-bond acceptors (Lipinski definition) is 6. The van der Waals surface area contributed by atoms with Gasteiger partial charge in [0.1, 0.15) is 0 Å². The number of nitrogens with zero attached hydrogens (tertiary/aromatic N) is 3. The fourth-order valence-corrected chi connectivity index (χ4v) is 2.89. The molecule has 2 atom stereocenters. The number of hydrogen-bond donors (Lipinski definition) is 2. The highest BCUT2D eigenvalue weighted by Gasteiger charge is 2.26. The second kappa shape index (κ2) is 7.63. The van der Waals surface area contributed by atoms with Gasteiger partial charge < -0.3 is 9.63 Å². The van der Waals surface area contributed by atoms with Gasteiger partial charge in [0.2, 0.25) is 11.8 Å².